The predicted octanol–water partition coefficient (Wildman–Crippen LogP) is 3.82. The van der Waals surface area contributed by atoms with Crippen molar-refractivity contribution in [3.05, 3.63) is 102 Å². The minimum Gasteiger partial charge on any atom is -0.507 e. The van der Waals surface area contributed by atoms with Crippen molar-refractivity contribution in [3.8, 4) is 5.75 Å². The van der Waals surface area contributed by atoms with E-state index >= 15 is 0 Å². The van der Waals surface area contributed by atoms with Crippen molar-refractivity contribution < 1.29 is 24.5 Å². The Labute approximate surface area is 179 Å². The van der Waals surface area contributed by atoms with Gasteiger partial charge in [-0.15, -0.1) is 0 Å². The smallest absolute Gasteiger partial charge is 0.302 e. The van der Waals surface area contributed by atoms with Gasteiger partial charge in [0.25, 0.3) is 5.78 Å². The SMILES string of the molecule is CCOc1ccc(N2C(=O)C(=O)/C(=C(\O)c3ccccc3)[C@]2(O)c2ccccc2)cc1. The van der Waals surface area contributed by atoms with Crippen molar-refractivity contribution in [1.82, 2.24) is 0 Å². The third-order valence-electron chi connectivity index (χ3n) is 5.16. The Balaban J connectivity index is 1.95. The van der Waals surface area contributed by atoms with Crippen LogP contribution in [0.25, 0.3) is 5.76 Å². The zero-order valence-corrected chi connectivity index (χ0v) is 16.9. The number of nitrogens with zero attached hydrogens (tertiary/aromatic N) is 1. The first-order chi connectivity index (χ1) is 15.0. The molecule has 3 aromatic carbocycles. The Morgan fingerprint density at radius 3 is 2.06 bits per heavy atom. The molecule has 156 valence electrons. The fourth-order valence-electron chi connectivity index (χ4n) is 3.74. The summed E-state index contributed by atoms with van der Waals surface area (Å²) in [5.41, 5.74) is -1.68. The van der Waals surface area contributed by atoms with E-state index in [4.69, 9.17) is 4.74 Å². The summed E-state index contributed by atoms with van der Waals surface area (Å²) in [6.45, 7) is 2.33. The molecule has 1 heterocycles. The number of hydrogen-bond donors (Lipinski definition) is 2. The van der Waals surface area contributed by atoms with E-state index in [0.717, 1.165) is 4.90 Å². The first-order valence-electron chi connectivity index (χ1n) is 9.87. The normalized spacial score (nSPS) is 20.1. The molecule has 0 spiro atoms. The van der Waals surface area contributed by atoms with Crippen molar-refractivity contribution in [2.24, 2.45) is 0 Å². The highest BCUT2D eigenvalue weighted by atomic mass is 16.5. The molecule has 0 radical (unpaired) electrons. The monoisotopic (exact) mass is 415 g/mol. The van der Waals surface area contributed by atoms with E-state index < -0.39 is 23.2 Å². The molecular formula is C25H21NO5. The van der Waals surface area contributed by atoms with E-state index in [1.807, 2.05) is 6.92 Å². The van der Waals surface area contributed by atoms with Crippen LogP contribution in [0.1, 0.15) is 18.1 Å². The molecule has 1 aliphatic rings. The van der Waals surface area contributed by atoms with Gasteiger partial charge in [-0.3, -0.25) is 14.5 Å². The summed E-state index contributed by atoms with van der Waals surface area (Å²) in [6.07, 6.45) is 0. The Kier molecular flexibility index (Phi) is 5.31. The standard InChI is InChI=1S/C25H21NO5/c1-2-31-20-15-13-19(14-16-20)26-24(29)23(28)21(22(27)17-9-5-3-6-10-17)25(26,30)18-11-7-4-8-12-18/h3-16,27,30H,2H2,1H3/b22-21+/t25-/m1/s1. The summed E-state index contributed by atoms with van der Waals surface area (Å²) >= 11 is 0. The summed E-state index contributed by atoms with van der Waals surface area (Å²) in [7, 11) is 0. The zero-order valence-electron chi connectivity index (χ0n) is 16.9. The summed E-state index contributed by atoms with van der Waals surface area (Å²) < 4.78 is 5.44. The topological polar surface area (TPSA) is 87.1 Å². The van der Waals surface area contributed by atoms with Gasteiger partial charge in [0.2, 0.25) is 5.72 Å². The highest BCUT2D eigenvalue weighted by Crippen LogP contribution is 2.45. The molecule has 2 N–H and O–H groups in total. The lowest BCUT2D eigenvalue weighted by Gasteiger charge is -2.34. The van der Waals surface area contributed by atoms with E-state index in [9.17, 15) is 19.8 Å². The molecular weight excluding hydrogens is 394 g/mol. The highest BCUT2D eigenvalue weighted by Gasteiger charge is 2.57. The molecule has 0 aromatic heterocycles. The average molecular weight is 415 g/mol. The summed E-state index contributed by atoms with van der Waals surface area (Å²) in [5, 5.41) is 22.9. The first kappa shape index (κ1) is 20.4. The number of Topliss-reactive ketones (excluding diaryl/α,β-unsaturated/α-hetero) is 1. The minimum atomic E-state index is -2.19. The number of carbonyl (C=O) groups is 2. The van der Waals surface area contributed by atoms with Crippen molar-refractivity contribution in [2.75, 3.05) is 11.5 Å². The molecule has 0 saturated carbocycles. The predicted molar refractivity (Wildman–Crippen MR) is 116 cm³/mol. The highest BCUT2D eigenvalue weighted by molar-refractivity contribution is 6.52. The molecule has 0 aliphatic carbocycles. The number of aliphatic hydroxyl groups excluding tert-OH is 1. The second kappa shape index (κ2) is 8.08. The maximum atomic E-state index is 13.1. The molecule has 3 aromatic rings. The fourth-order valence-corrected chi connectivity index (χ4v) is 3.74. The van der Waals surface area contributed by atoms with Crippen LogP contribution in [-0.2, 0) is 15.3 Å². The van der Waals surface area contributed by atoms with Crippen LogP contribution in [0.15, 0.2) is 90.5 Å². The van der Waals surface area contributed by atoms with Gasteiger partial charge in [-0.25, -0.2) is 0 Å². The van der Waals surface area contributed by atoms with Crippen LogP contribution < -0.4 is 9.64 Å². The van der Waals surface area contributed by atoms with Crippen molar-refractivity contribution >= 4 is 23.1 Å². The maximum Gasteiger partial charge on any atom is 0.302 e. The van der Waals surface area contributed by atoms with Crippen LogP contribution in [0.3, 0.4) is 0 Å². The number of carbonyl (C=O) groups excluding carboxylic acids is 2. The third kappa shape index (κ3) is 3.37. The number of ether oxygens (including phenoxy) is 1. The summed E-state index contributed by atoms with van der Waals surface area (Å²) in [4.78, 5) is 27.2. The van der Waals surface area contributed by atoms with Crippen LogP contribution in [0.2, 0.25) is 0 Å². The van der Waals surface area contributed by atoms with Crippen molar-refractivity contribution in [1.29, 1.82) is 0 Å². The molecule has 6 nitrogen and oxygen atoms in total. The zero-order chi connectivity index (χ0) is 22.0. The maximum absolute atomic E-state index is 13.1. The molecule has 1 fully saturated rings. The number of rotatable bonds is 5. The lowest BCUT2D eigenvalue weighted by atomic mass is 9.91. The van der Waals surface area contributed by atoms with Gasteiger partial charge >= 0.3 is 5.91 Å². The van der Waals surface area contributed by atoms with E-state index in [0.29, 0.717) is 23.6 Å². The van der Waals surface area contributed by atoms with Crippen molar-refractivity contribution in [2.45, 2.75) is 12.6 Å². The van der Waals surface area contributed by atoms with E-state index in [1.54, 1.807) is 84.9 Å². The number of aliphatic hydroxyl groups is 2. The van der Waals surface area contributed by atoms with Crippen LogP contribution in [0, 0.1) is 0 Å². The Bertz CT molecular complexity index is 1140. The molecule has 1 saturated heterocycles. The first-order valence-corrected chi connectivity index (χ1v) is 9.87. The molecule has 31 heavy (non-hydrogen) atoms. The molecule has 1 atom stereocenters. The second-order valence-corrected chi connectivity index (χ2v) is 7.02. The van der Waals surface area contributed by atoms with Gasteiger partial charge in [0.15, 0.2) is 0 Å². The lowest BCUT2D eigenvalue weighted by Crippen LogP contribution is -2.44. The second-order valence-electron chi connectivity index (χ2n) is 7.02. The van der Waals surface area contributed by atoms with Gasteiger partial charge in [-0.05, 0) is 31.2 Å². The number of anilines is 1. The van der Waals surface area contributed by atoms with E-state index in [2.05, 4.69) is 0 Å². The van der Waals surface area contributed by atoms with Crippen LogP contribution in [0.4, 0.5) is 5.69 Å². The third-order valence-corrected chi connectivity index (χ3v) is 5.16. The van der Waals surface area contributed by atoms with E-state index in [-0.39, 0.29) is 11.1 Å². The van der Waals surface area contributed by atoms with Gasteiger partial charge in [-0.2, -0.15) is 0 Å². The van der Waals surface area contributed by atoms with Crippen molar-refractivity contribution in [3.63, 3.8) is 0 Å². The summed E-state index contributed by atoms with van der Waals surface area (Å²) in [5.74, 6) is -1.76. The molecule has 0 bridgehead atoms. The Morgan fingerprint density at radius 1 is 0.903 bits per heavy atom. The molecule has 6 heteroatoms. The minimum absolute atomic E-state index is 0.278. The van der Waals surface area contributed by atoms with E-state index in [1.165, 1.54) is 0 Å². The molecule has 1 aliphatic heterocycles. The average Bonchev–Trinajstić information content (AvgIpc) is 3.01. The van der Waals surface area contributed by atoms with Gasteiger partial charge in [0.1, 0.15) is 17.1 Å². The number of benzene rings is 3. The Morgan fingerprint density at radius 2 is 1.48 bits per heavy atom. The molecule has 0 unspecified atom stereocenters. The van der Waals surface area contributed by atoms with Gasteiger partial charge in [0, 0.05) is 16.8 Å². The van der Waals surface area contributed by atoms with Gasteiger partial charge < -0.3 is 14.9 Å². The largest absolute Gasteiger partial charge is 0.507 e. The quantitative estimate of drug-likeness (QED) is 0.376. The van der Waals surface area contributed by atoms with Crippen LogP contribution in [-0.4, -0.2) is 28.5 Å². The molecule has 1 amide bonds. The number of ketones is 1. The molecule has 4 rings (SSSR count). The lowest BCUT2D eigenvalue weighted by molar-refractivity contribution is -0.132. The van der Waals surface area contributed by atoms with Crippen LogP contribution >= 0.6 is 0 Å². The van der Waals surface area contributed by atoms with Gasteiger partial charge in [-0.1, -0.05) is 60.7 Å². The van der Waals surface area contributed by atoms with Crippen LogP contribution in [0.5, 0.6) is 5.75 Å². The van der Waals surface area contributed by atoms with Gasteiger partial charge in [0.05, 0.1) is 6.61 Å². The summed E-state index contributed by atoms with van der Waals surface area (Å²) in [6, 6.07) is 23.2. The Hall–Kier alpha value is -3.90. The number of hydrogen-bond acceptors (Lipinski definition) is 5. The fraction of sp³-hybridized carbons (Fsp3) is 0.120. The number of amides is 1.